The van der Waals surface area contributed by atoms with Gasteiger partial charge in [0.2, 0.25) is 0 Å². The van der Waals surface area contributed by atoms with E-state index in [0.29, 0.717) is 12.1 Å². The molecule has 1 aromatic heterocycles. The molecule has 1 N–H and O–H groups in total. The molecular formula is C16H19N3O4. The van der Waals surface area contributed by atoms with E-state index >= 15 is 0 Å². The summed E-state index contributed by atoms with van der Waals surface area (Å²) in [5, 5.41) is 13.5. The summed E-state index contributed by atoms with van der Waals surface area (Å²) in [5.41, 5.74) is 1.26. The predicted octanol–water partition coefficient (Wildman–Crippen LogP) is 2.30. The van der Waals surface area contributed by atoms with E-state index in [9.17, 15) is 14.7 Å². The average Bonchev–Trinajstić information content (AvgIpc) is 3.01. The molecule has 2 aromatic rings. The van der Waals surface area contributed by atoms with Crippen LogP contribution in [0, 0.1) is 0 Å². The van der Waals surface area contributed by atoms with Gasteiger partial charge in [0.05, 0.1) is 6.20 Å². The summed E-state index contributed by atoms with van der Waals surface area (Å²) in [5.74, 6) is -1.14. The Morgan fingerprint density at radius 3 is 2.61 bits per heavy atom. The highest BCUT2D eigenvalue weighted by Crippen LogP contribution is 2.20. The minimum atomic E-state index is -1.14. The van der Waals surface area contributed by atoms with Crippen molar-refractivity contribution in [2.75, 3.05) is 7.05 Å². The van der Waals surface area contributed by atoms with Crippen LogP contribution in [0.15, 0.2) is 42.7 Å². The monoisotopic (exact) mass is 317 g/mol. The number of hydrogen-bond acceptors (Lipinski definition) is 4. The first-order valence-electron chi connectivity index (χ1n) is 7.21. The highest BCUT2D eigenvalue weighted by atomic mass is 16.6. The normalized spacial score (nSPS) is 11.7. The Morgan fingerprint density at radius 1 is 1.35 bits per heavy atom. The molecule has 7 nitrogen and oxygen atoms in total. The molecule has 0 aliphatic rings. The molecular weight excluding hydrogens is 298 g/mol. The fourth-order valence-corrected chi connectivity index (χ4v) is 2.15. The first kappa shape index (κ1) is 16.5. The van der Waals surface area contributed by atoms with E-state index in [0.717, 1.165) is 10.5 Å². The van der Waals surface area contributed by atoms with Crippen molar-refractivity contribution in [1.29, 1.82) is 0 Å². The maximum absolute atomic E-state index is 12.1. The zero-order valence-electron chi connectivity index (χ0n) is 13.0. The van der Waals surface area contributed by atoms with E-state index in [-0.39, 0.29) is 6.61 Å². The lowest BCUT2D eigenvalue weighted by Gasteiger charge is -2.23. The minimum Gasteiger partial charge on any atom is -0.479 e. The molecule has 0 saturated heterocycles. The van der Waals surface area contributed by atoms with Crippen molar-refractivity contribution in [2.45, 2.75) is 26.1 Å². The lowest BCUT2D eigenvalue weighted by atomic mass is 10.1. The lowest BCUT2D eigenvalue weighted by Crippen LogP contribution is -2.36. The zero-order chi connectivity index (χ0) is 16.8. The van der Waals surface area contributed by atoms with Gasteiger partial charge in [-0.3, -0.25) is 9.58 Å². The third kappa shape index (κ3) is 4.09. The van der Waals surface area contributed by atoms with Crippen LogP contribution >= 0.6 is 0 Å². The van der Waals surface area contributed by atoms with Crippen LogP contribution in [0.4, 0.5) is 4.79 Å². The van der Waals surface area contributed by atoms with Gasteiger partial charge >= 0.3 is 12.1 Å². The molecule has 0 radical (unpaired) electrons. The van der Waals surface area contributed by atoms with Gasteiger partial charge in [-0.05, 0) is 12.5 Å². The van der Waals surface area contributed by atoms with Crippen molar-refractivity contribution >= 4 is 12.1 Å². The quantitative estimate of drug-likeness (QED) is 0.883. The number of carboxylic acids is 1. The Bertz CT molecular complexity index is 669. The number of aliphatic carboxylic acids is 1. The predicted molar refractivity (Wildman–Crippen MR) is 82.7 cm³/mol. The summed E-state index contributed by atoms with van der Waals surface area (Å²) < 4.78 is 6.78. The van der Waals surface area contributed by atoms with Gasteiger partial charge in [0.1, 0.15) is 6.61 Å². The number of nitrogens with zero attached hydrogens (tertiary/aromatic N) is 3. The van der Waals surface area contributed by atoms with Crippen LogP contribution in [0.1, 0.15) is 24.1 Å². The summed E-state index contributed by atoms with van der Waals surface area (Å²) in [4.78, 5) is 24.7. The highest BCUT2D eigenvalue weighted by Gasteiger charge is 2.30. The molecule has 0 bridgehead atoms. The number of ether oxygens (including phenoxy) is 1. The van der Waals surface area contributed by atoms with E-state index in [1.807, 2.05) is 37.3 Å². The number of hydrogen-bond donors (Lipinski definition) is 1. The Kier molecular flexibility index (Phi) is 5.35. The summed E-state index contributed by atoms with van der Waals surface area (Å²) in [6, 6.07) is 8.06. The fourth-order valence-electron chi connectivity index (χ4n) is 2.15. The van der Waals surface area contributed by atoms with Gasteiger partial charge in [0.25, 0.3) is 0 Å². The molecule has 1 unspecified atom stereocenters. The van der Waals surface area contributed by atoms with Crippen LogP contribution in [-0.4, -0.2) is 38.9 Å². The van der Waals surface area contributed by atoms with Crippen molar-refractivity contribution in [1.82, 2.24) is 14.7 Å². The first-order valence-corrected chi connectivity index (χ1v) is 7.21. The van der Waals surface area contributed by atoms with Crippen molar-refractivity contribution in [3.8, 4) is 0 Å². The Labute approximate surface area is 134 Å². The lowest BCUT2D eigenvalue weighted by molar-refractivity contribution is -0.142. The van der Waals surface area contributed by atoms with E-state index in [4.69, 9.17) is 4.74 Å². The van der Waals surface area contributed by atoms with Gasteiger partial charge in [-0.15, -0.1) is 0 Å². The Hall–Kier alpha value is -2.83. The molecule has 1 atom stereocenters. The number of carboxylic acid groups (broad SMARTS) is 1. The van der Waals surface area contributed by atoms with E-state index in [1.54, 1.807) is 10.9 Å². The highest BCUT2D eigenvalue weighted by molar-refractivity contribution is 5.81. The number of carbonyl (C=O) groups is 2. The summed E-state index contributed by atoms with van der Waals surface area (Å²) in [6.45, 7) is 2.60. The van der Waals surface area contributed by atoms with Gasteiger partial charge < -0.3 is 9.84 Å². The second-order valence-electron chi connectivity index (χ2n) is 5.02. The largest absolute Gasteiger partial charge is 0.479 e. The molecule has 1 amide bonds. The van der Waals surface area contributed by atoms with Gasteiger partial charge in [-0.25, -0.2) is 9.59 Å². The van der Waals surface area contributed by atoms with Crippen LogP contribution in [-0.2, 0) is 22.7 Å². The SMILES string of the molecule is CCn1cc(C(C(=O)O)N(C)C(=O)OCc2ccccc2)cn1. The molecule has 0 aliphatic carbocycles. The Morgan fingerprint density at radius 2 is 2.04 bits per heavy atom. The summed E-state index contributed by atoms with van der Waals surface area (Å²) >= 11 is 0. The molecule has 0 saturated carbocycles. The molecule has 0 aliphatic heterocycles. The number of aromatic nitrogens is 2. The van der Waals surface area contributed by atoms with E-state index in [2.05, 4.69) is 5.10 Å². The number of carbonyl (C=O) groups excluding carboxylic acids is 1. The second kappa shape index (κ2) is 7.44. The smallest absolute Gasteiger partial charge is 0.410 e. The molecule has 23 heavy (non-hydrogen) atoms. The summed E-state index contributed by atoms with van der Waals surface area (Å²) in [7, 11) is 1.40. The van der Waals surface area contributed by atoms with Crippen LogP contribution in [0.25, 0.3) is 0 Å². The molecule has 1 heterocycles. The van der Waals surface area contributed by atoms with Crippen molar-refractivity contribution in [3.63, 3.8) is 0 Å². The average molecular weight is 317 g/mol. The van der Waals surface area contributed by atoms with E-state index in [1.165, 1.54) is 13.2 Å². The van der Waals surface area contributed by atoms with Gasteiger partial charge in [-0.1, -0.05) is 30.3 Å². The third-order valence-corrected chi connectivity index (χ3v) is 3.41. The number of aryl methyl sites for hydroxylation is 1. The fraction of sp³-hybridized carbons (Fsp3) is 0.312. The van der Waals surface area contributed by atoms with Crippen LogP contribution in [0.3, 0.4) is 0 Å². The molecule has 0 fully saturated rings. The van der Waals surface area contributed by atoms with Crippen molar-refractivity contribution in [2.24, 2.45) is 0 Å². The molecule has 2 rings (SSSR count). The summed E-state index contributed by atoms with van der Waals surface area (Å²) in [6.07, 6.45) is 2.36. The van der Waals surface area contributed by atoms with Crippen LogP contribution in [0.2, 0.25) is 0 Å². The minimum absolute atomic E-state index is 0.0879. The number of likely N-dealkylation sites (N-methyl/N-ethyl adjacent to an activating group) is 1. The zero-order valence-corrected chi connectivity index (χ0v) is 13.0. The molecule has 0 spiro atoms. The first-order chi connectivity index (χ1) is 11.0. The molecule has 1 aromatic carbocycles. The third-order valence-electron chi connectivity index (χ3n) is 3.41. The maximum Gasteiger partial charge on any atom is 0.410 e. The topological polar surface area (TPSA) is 84.7 Å². The molecule has 7 heteroatoms. The van der Waals surface area contributed by atoms with Crippen molar-refractivity contribution < 1.29 is 19.4 Å². The number of rotatable bonds is 6. The molecule has 122 valence electrons. The van der Waals surface area contributed by atoms with Crippen LogP contribution in [0.5, 0.6) is 0 Å². The van der Waals surface area contributed by atoms with Gasteiger partial charge in [0.15, 0.2) is 6.04 Å². The Balaban J connectivity index is 2.06. The standard InChI is InChI=1S/C16H19N3O4/c1-3-19-10-13(9-17-19)14(15(20)21)18(2)16(22)23-11-12-7-5-4-6-8-12/h4-10,14H,3,11H2,1-2H3,(H,20,21). The van der Waals surface area contributed by atoms with Crippen LogP contribution < -0.4 is 0 Å². The van der Waals surface area contributed by atoms with Gasteiger partial charge in [-0.2, -0.15) is 5.10 Å². The van der Waals surface area contributed by atoms with E-state index < -0.39 is 18.1 Å². The number of amides is 1. The number of benzene rings is 1. The van der Waals surface area contributed by atoms with Gasteiger partial charge in [0, 0.05) is 25.4 Å². The maximum atomic E-state index is 12.1. The second-order valence-corrected chi connectivity index (χ2v) is 5.02. The van der Waals surface area contributed by atoms with Crippen molar-refractivity contribution in [3.05, 3.63) is 53.9 Å².